The van der Waals surface area contributed by atoms with Crippen LogP contribution in [-0.2, 0) is 6.42 Å². The second kappa shape index (κ2) is 6.10. The Balaban J connectivity index is 1.69. The second-order valence-corrected chi connectivity index (χ2v) is 5.64. The largest absolute Gasteiger partial charge is 0.393 e. The van der Waals surface area contributed by atoms with Gasteiger partial charge in [-0.25, -0.2) is 0 Å². The summed E-state index contributed by atoms with van der Waals surface area (Å²) in [7, 11) is 0. The first-order valence-corrected chi connectivity index (χ1v) is 7.24. The van der Waals surface area contributed by atoms with Gasteiger partial charge in [-0.05, 0) is 30.7 Å². The van der Waals surface area contributed by atoms with E-state index in [1.807, 2.05) is 18.2 Å². The molecule has 0 radical (unpaired) electrons. The van der Waals surface area contributed by atoms with Crippen molar-refractivity contribution in [2.75, 3.05) is 0 Å². The molecule has 5 nitrogen and oxygen atoms in total. The van der Waals surface area contributed by atoms with E-state index in [1.165, 1.54) is 11.8 Å². The molecular weight excluding hydrogens is 266 g/mol. The molecule has 0 spiro atoms. The lowest BCUT2D eigenvalue weighted by atomic mass is 9.75. The highest BCUT2D eigenvalue weighted by Gasteiger charge is 2.34. The Morgan fingerprint density at radius 3 is 2.76 bits per heavy atom. The van der Waals surface area contributed by atoms with Crippen molar-refractivity contribution in [2.24, 2.45) is 5.92 Å². The summed E-state index contributed by atoms with van der Waals surface area (Å²) >= 11 is 0. The Bertz CT molecular complexity index is 577. The van der Waals surface area contributed by atoms with Crippen LogP contribution in [0.1, 0.15) is 28.8 Å². The predicted octanol–water partition coefficient (Wildman–Crippen LogP) is 1.52. The van der Waals surface area contributed by atoms with Gasteiger partial charge in [-0.1, -0.05) is 30.3 Å². The SMILES string of the molecule is O=C(N[C@@H](Cc1ccccc1)C1CC(O)C1)c1cn[nH]c1. The standard InChI is InChI=1S/C16H19N3O2/c20-14-7-12(8-14)15(6-11-4-2-1-3-5-11)19-16(21)13-9-17-18-10-13/h1-5,9-10,12,14-15,20H,6-8H2,(H,17,18)(H,19,21)/t12?,14?,15-/m0/s1. The van der Waals surface area contributed by atoms with Crippen molar-refractivity contribution < 1.29 is 9.90 Å². The number of nitrogens with one attached hydrogen (secondary N) is 2. The van der Waals surface area contributed by atoms with Gasteiger partial charge in [-0.3, -0.25) is 9.89 Å². The number of hydrogen-bond donors (Lipinski definition) is 3. The van der Waals surface area contributed by atoms with Crippen molar-refractivity contribution in [3.63, 3.8) is 0 Å². The topological polar surface area (TPSA) is 78.0 Å². The van der Waals surface area contributed by atoms with Gasteiger partial charge in [0.15, 0.2) is 0 Å². The van der Waals surface area contributed by atoms with Crippen LogP contribution in [0.2, 0.25) is 0 Å². The fourth-order valence-electron chi connectivity index (χ4n) is 2.79. The summed E-state index contributed by atoms with van der Waals surface area (Å²) in [4.78, 5) is 12.2. The van der Waals surface area contributed by atoms with Crippen molar-refractivity contribution >= 4 is 5.91 Å². The van der Waals surface area contributed by atoms with Gasteiger partial charge in [-0.2, -0.15) is 5.10 Å². The Kier molecular flexibility index (Phi) is 4.01. The molecule has 1 amide bonds. The molecule has 1 atom stereocenters. The predicted molar refractivity (Wildman–Crippen MR) is 78.7 cm³/mol. The molecule has 3 rings (SSSR count). The van der Waals surface area contributed by atoms with Crippen LogP contribution in [0.5, 0.6) is 0 Å². The molecule has 1 fully saturated rings. The Hall–Kier alpha value is -2.14. The lowest BCUT2D eigenvalue weighted by Gasteiger charge is -2.38. The average molecular weight is 285 g/mol. The Morgan fingerprint density at radius 1 is 1.38 bits per heavy atom. The number of amides is 1. The summed E-state index contributed by atoms with van der Waals surface area (Å²) in [6.45, 7) is 0. The van der Waals surface area contributed by atoms with Gasteiger partial charge in [0.25, 0.3) is 5.91 Å². The average Bonchev–Trinajstić information content (AvgIpc) is 2.98. The number of rotatable bonds is 5. The highest BCUT2D eigenvalue weighted by molar-refractivity contribution is 5.93. The summed E-state index contributed by atoms with van der Waals surface area (Å²) in [6, 6.07) is 10.1. The number of H-pyrrole nitrogens is 1. The Labute approximate surface area is 123 Å². The van der Waals surface area contributed by atoms with Crippen LogP contribution in [0.3, 0.4) is 0 Å². The van der Waals surface area contributed by atoms with Gasteiger partial charge in [-0.15, -0.1) is 0 Å². The lowest BCUT2D eigenvalue weighted by Crippen LogP contribution is -2.48. The molecule has 1 heterocycles. The summed E-state index contributed by atoms with van der Waals surface area (Å²) < 4.78 is 0. The normalized spacial score (nSPS) is 22.3. The molecule has 3 N–H and O–H groups in total. The molecule has 0 aliphatic heterocycles. The van der Waals surface area contributed by atoms with Crippen molar-refractivity contribution in [2.45, 2.75) is 31.4 Å². The van der Waals surface area contributed by atoms with E-state index in [9.17, 15) is 9.90 Å². The van der Waals surface area contributed by atoms with Crippen LogP contribution in [-0.4, -0.2) is 33.4 Å². The second-order valence-electron chi connectivity index (χ2n) is 5.64. The summed E-state index contributed by atoms with van der Waals surface area (Å²) in [5.74, 6) is 0.210. The van der Waals surface area contributed by atoms with Gasteiger partial charge in [0, 0.05) is 12.2 Å². The molecule has 1 aromatic carbocycles. The number of aliphatic hydroxyl groups is 1. The highest BCUT2D eigenvalue weighted by atomic mass is 16.3. The first kappa shape index (κ1) is 13.8. The maximum atomic E-state index is 12.2. The van der Waals surface area contributed by atoms with Crippen molar-refractivity contribution in [3.8, 4) is 0 Å². The van der Waals surface area contributed by atoms with Crippen LogP contribution in [0.25, 0.3) is 0 Å². The number of nitrogens with zero attached hydrogens (tertiary/aromatic N) is 1. The van der Waals surface area contributed by atoms with E-state index < -0.39 is 0 Å². The number of carbonyl (C=O) groups excluding carboxylic acids is 1. The van der Waals surface area contributed by atoms with E-state index >= 15 is 0 Å². The summed E-state index contributed by atoms with van der Waals surface area (Å²) in [5.41, 5.74) is 1.73. The van der Waals surface area contributed by atoms with Crippen LogP contribution >= 0.6 is 0 Å². The van der Waals surface area contributed by atoms with E-state index in [0.29, 0.717) is 11.5 Å². The molecule has 5 heteroatoms. The van der Waals surface area contributed by atoms with Crippen LogP contribution in [0.4, 0.5) is 0 Å². The highest BCUT2D eigenvalue weighted by Crippen LogP contribution is 2.31. The maximum absolute atomic E-state index is 12.2. The lowest BCUT2D eigenvalue weighted by molar-refractivity contribution is 0.0239. The summed E-state index contributed by atoms with van der Waals surface area (Å²) in [5, 5.41) is 19.1. The number of aliphatic hydroxyl groups excluding tert-OH is 1. The molecule has 1 aliphatic carbocycles. The van der Waals surface area contributed by atoms with Crippen LogP contribution < -0.4 is 5.32 Å². The molecule has 110 valence electrons. The molecule has 1 aromatic heterocycles. The number of carbonyl (C=O) groups is 1. The molecule has 0 bridgehead atoms. The van der Waals surface area contributed by atoms with E-state index in [-0.39, 0.29) is 18.1 Å². The van der Waals surface area contributed by atoms with Gasteiger partial charge in [0.2, 0.25) is 0 Å². The third-order valence-corrected chi connectivity index (χ3v) is 4.09. The van der Waals surface area contributed by atoms with Gasteiger partial charge in [0.05, 0.1) is 17.9 Å². The van der Waals surface area contributed by atoms with Crippen molar-refractivity contribution in [1.29, 1.82) is 0 Å². The maximum Gasteiger partial charge on any atom is 0.254 e. The summed E-state index contributed by atoms with van der Waals surface area (Å²) in [6.07, 6.45) is 5.17. The smallest absolute Gasteiger partial charge is 0.254 e. The third kappa shape index (κ3) is 3.31. The van der Waals surface area contributed by atoms with E-state index in [0.717, 1.165) is 19.3 Å². The minimum atomic E-state index is -0.223. The fraction of sp³-hybridized carbons (Fsp3) is 0.375. The molecule has 2 aromatic rings. The molecule has 0 unspecified atom stereocenters. The molecule has 1 saturated carbocycles. The van der Waals surface area contributed by atoms with Crippen LogP contribution in [0, 0.1) is 5.92 Å². The number of benzene rings is 1. The van der Waals surface area contributed by atoms with E-state index in [4.69, 9.17) is 0 Å². The first-order chi connectivity index (χ1) is 10.2. The fourth-order valence-corrected chi connectivity index (χ4v) is 2.79. The minimum Gasteiger partial charge on any atom is -0.393 e. The number of hydrogen-bond acceptors (Lipinski definition) is 3. The monoisotopic (exact) mass is 285 g/mol. The van der Waals surface area contributed by atoms with Crippen LogP contribution in [0.15, 0.2) is 42.7 Å². The molecular formula is C16H19N3O2. The van der Waals surface area contributed by atoms with E-state index in [2.05, 4.69) is 27.6 Å². The van der Waals surface area contributed by atoms with Crippen molar-refractivity contribution in [3.05, 3.63) is 53.9 Å². The zero-order valence-corrected chi connectivity index (χ0v) is 11.7. The quantitative estimate of drug-likeness (QED) is 0.779. The van der Waals surface area contributed by atoms with E-state index in [1.54, 1.807) is 6.20 Å². The molecule has 21 heavy (non-hydrogen) atoms. The number of aromatic amines is 1. The minimum absolute atomic E-state index is 0.0400. The van der Waals surface area contributed by atoms with Gasteiger partial charge >= 0.3 is 0 Å². The molecule has 1 aliphatic rings. The Morgan fingerprint density at radius 2 is 2.14 bits per heavy atom. The molecule has 0 saturated heterocycles. The zero-order valence-electron chi connectivity index (χ0n) is 11.7. The van der Waals surface area contributed by atoms with Gasteiger partial charge < -0.3 is 10.4 Å². The zero-order chi connectivity index (χ0) is 14.7. The van der Waals surface area contributed by atoms with Crippen molar-refractivity contribution in [1.82, 2.24) is 15.5 Å². The first-order valence-electron chi connectivity index (χ1n) is 7.24. The van der Waals surface area contributed by atoms with Gasteiger partial charge in [0.1, 0.15) is 0 Å². The third-order valence-electron chi connectivity index (χ3n) is 4.09. The number of aromatic nitrogens is 2.